The molecular weight excluding hydrogens is 267 g/mol. The fourth-order valence-electron chi connectivity index (χ4n) is 0.884. The number of amides is 1. The molecule has 0 bridgehead atoms. The molecule has 1 aliphatic heterocycles. The highest BCUT2D eigenvalue weighted by atomic mass is 35.5. The standard InChI is InChI=1S/C5H7N3.C4HCl2NO2/c6-4-2-1-3-5(7)8-4;5-1-2(6)4(9)7-3(1)8/h1-3H,(H4,6,7,8);(H,7,8,9). The van der Waals surface area contributed by atoms with E-state index < -0.39 is 11.8 Å². The van der Waals surface area contributed by atoms with Gasteiger partial charge in [0.05, 0.1) is 5.03 Å². The van der Waals surface area contributed by atoms with E-state index >= 15 is 0 Å². The molecule has 0 saturated carbocycles. The molecule has 0 unspecified atom stereocenters. The summed E-state index contributed by atoms with van der Waals surface area (Å²) < 4.78 is 0. The number of H-pyrrole nitrogens is 1. The van der Waals surface area contributed by atoms with Crippen LogP contribution in [0.15, 0.2) is 33.3 Å². The van der Waals surface area contributed by atoms with Crippen LogP contribution in [0, 0.1) is 0 Å². The molecular formula is C9H8Cl2N4O2. The zero-order valence-corrected chi connectivity index (χ0v) is 9.92. The summed E-state index contributed by atoms with van der Waals surface area (Å²) in [6, 6.07) is 5.29. The van der Waals surface area contributed by atoms with E-state index in [0.717, 1.165) is 0 Å². The molecule has 8 heteroatoms. The predicted octanol–water partition coefficient (Wildman–Crippen LogP) is -0.360. The highest BCUT2D eigenvalue weighted by molar-refractivity contribution is 6.56. The number of carbonyl (C=O) groups excluding carboxylic acids is 1. The molecule has 90 valence electrons. The number of nitrogens with one attached hydrogen (secondary N) is 1. The van der Waals surface area contributed by atoms with Crippen molar-refractivity contribution < 1.29 is 14.9 Å². The number of aliphatic imine (C=N–C) groups is 1. The molecule has 1 aliphatic rings. The average molecular weight is 275 g/mol. The van der Waals surface area contributed by atoms with E-state index in [1.807, 2.05) is 0 Å². The van der Waals surface area contributed by atoms with E-state index in [-0.39, 0.29) is 10.1 Å². The summed E-state index contributed by atoms with van der Waals surface area (Å²) in [4.78, 5) is 16.0. The normalized spacial score (nSPS) is 14.2. The summed E-state index contributed by atoms with van der Waals surface area (Å²) in [5.74, 6) is -0.340. The number of aromatic nitrogens is 1. The van der Waals surface area contributed by atoms with E-state index in [1.165, 1.54) is 0 Å². The van der Waals surface area contributed by atoms with E-state index in [1.54, 1.807) is 18.2 Å². The van der Waals surface area contributed by atoms with Crippen molar-refractivity contribution in [1.82, 2.24) is 0 Å². The summed E-state index contributed by atoms with van der Waals surface area (Å²) in [7, 11) is 0. The number of hydrogen-bond donors (Lipinski definition) is 2. The molecule has 1 amide bonds. The monoisotopic (exact) mass is 274 g/mol. The van der Waals surface area contributed by atoms with Gasteiger partial charge in [-0.15, -0.1) is 0 Å². The van der Waals surface area contributed by atoms with Crippen LogP contribution < -0.4 is 21.6 Å². The van der Waals surface area contributed by atoms with Crippen LogP contribution in [0.2, 0.25) is 0 Å². The van der Waals surface area contributed by atoms with Gasteiger partial charge >= 0.3 is 0 Å². The van der Waals surface area contributed by atoms with Gasteiger partial charge in [0, 0.05) is 18.0 Å². The first-order chi connectivity index (χ1) is 7.91. The van der Waals surface area contributed by atoms with Gasteiger partial charge in [-0.05, 0) is 6.07 Å². The van der Waals surface area contributed by atoms with Crippen molar-refractivity contribution in [1.29, 1.82) is 0 Å². The van der Waals surface area contributed by atoms with E-state index in [9.17, 15) is 9.90 Å². The first kappa shape index (κ1) is 13.3. The Hall–Kier alpha value is -1.79. The molecule has 6 nitrogen and oxygen atoms in total. The predicted molar refractivity (Wildman–Crippen MR) is 63.0 cm³/mol. The highest BCUT2D eigenvalue weighted by Gasteiger charge is 2.17. The van der Waals surface area contributed by atoms with Crippen LogP contribution in [0.4, 0.5) is 11.6 Å². The lowest BCUT2D eigenvalue weighted by atomic mass is 10.4. The van der Waals surface area contributed by atoms with Gasteiger partial charge in [0.2, 0.25) is 11.6 Å². The van der Waals surface area contributed by atoms with Crippen molar-refractivity contribution >= 4 is 46.6 Å². The summed E-state index contributed by atoms with van der Waals surface area (Å²) in [5, 5.41) is 9.75. The van der Waals surface area contributed by atoms with Gasteiger partial charge in [0.15, 0.2) is 0 Å². The van der Waals surface area contributed by atoms with Gasteiger partial charge in [-0.1, -0.05) is 23.2 Å². The second-order valence-electron chi connectivity index (χ2n) is 2.91. The zero-order valence-electron chi connectivity index (χ0n) is 8.41. The number of anilines is 2. The Bertz CT molecular complexity index is 496. The molecule has 0 atom stereocenters. The third-order valence-corrected chi connectivity index (χ3v) is 2.41. The van der Waals surface area contributed by atoms with Crippen LogP contribution in [0.3, 0.4) is 0 Å². The SMILES string of the molecule is Nc1cccc(N)[nH+]1.O=C1N=C([O-])C(Cl)=C1Cl. The fourth-order valence-corrected chi connectivity index (χ4v) is 1.13. The highest BCUT2D eigenvalue weighted by Crippen LogP contribution is 2.20. The fraction of sp³-hybridized carbons (Fsp3) is 0. The molecule has 0 aliphatic carbocycles. The Balaban J connectivity index is 0.000000171. The molecule has 2 rings (SSSR count). The smallest absolute Gasteiger partial charge is 0.289 e. The van der Waals surface area contributed by atoms with E-state index in [2.05, 4.69) is 9.98 Å². The minimum Gasteiger partial charge on any atom is -0.857 e. The molecule has 1 aromatic rings. The Kier molecular flexibility index (Phi) is 4.30. The van der Waals surface area contributed by atoms with Crippen molar-refractivity contribution in [3.8, 4) is 0 Å². The van der Waals surface area contributed by atoms with Crippen molar-refractivity contribution in [3.05, 3.63) is 28.3 Å². The van der Waals surface area contributed by atoms with Crippen LogP contribution in [-0.2, 0) is 4.79 Å². The lowest BCUT2D eigenvalue weighted by Crippen LogP contribution is -2.14. The van der Waals surface area contributed by atoms with Crippen molar-refractivity contribution in [2.75, 3.05) is 11.5 Å². The minimum atomic E-state index is -0.758. The lowest BCUT2D eigenvalue weighted by Gasteiger charge is -1.98. The quantitative estimate of drug-likeness (QED) is 0.671. The van der Waals surface area contributed by atoms with Gasteiger partial charge in [0.25, 0.3) is 5.91 Å². The van der Waals surface area contributed by atoms with Crippen LogP contribution in [0.5, 0.6) is 0 Å². The molecule has 0 fully saturated rings. The third-order valence-electron chi connectivity index (χ3n) is 1.61. The zero-order chi connectivity index (χ0) is 13.0. The number of nitrogen functional groups attached to an aromatic ring is 2. The van der Waals surface area contributed by atoms with Gasteiger partial charge in [-0.3, -0.25) is 4.79 Å². The van der Waals surface area contributed by atoms with Crippen molar-refractivity contribution in [2.24, 2.45) is 4.99 Å². The number of pyridine rings is 1. The molecule has 2 heterocycles. The molecule has 17 heavy (non-hydrogen) atoms. The number of rotatable bonds is 0. The first-order valence-corrected chi connectivity index (χ1v) is 5.06. The second-order valence-corrected chi connectivity index (χ2v) is 3.67. The van der Waals surface area contributed by atoms with Gasteiger partial charge < -0.3 is 16.6 Å². The average Bonchev–Trinajstić information content (AvgIpc) is 2.46. The van der Waals surface area contributed by atoms with Gasteiger partial charge in [-0.25, -0.2) is 9.98 Å². The summed E-state index contributed by atoms with van der Waals surface area (Å²) >= 11 is 10.4. The maximum absolute atomic E-state index is 10.3. The molecule has 0 saturated heterocycles. The number of nitrogens with two attached hydrogens (primary N) is 2. The number of aromatic amines is 1. The maximum atomic E-state index is 10.3. The third kappa shape index (κ3) is 3.61. The van der Waals surface area contributed by atoms with Crippen LogP contribution >= 0.6 is 23.2 Å². The van der Waals surface area contributed by atoms with Gasteiger partial charge in [-0.2, -0.15) is 0 Å². The number of halogens is 2. The van der Waals surface area contributed by atoms with Gasteiger partial charge in [0.1, 0.15) is 5.03 Å². The first-order valence-electron chi connectivity index (χ1n) is 4.30. The molecule has 0 radical (unpaired) electrons. The minimum absolute atomic E-state index is 0.290. The molecule has 1 aromatic heterocycles. The summed E-state index contributed by atoms with van der Waals surface area (Å²) in [6.07, 6.45) is 0. The van der Waals surface area contributed by atoms with E-state index in [0.29, 0.717) is 11.6 Å². The van der Waals surface area contributed by atoms with Crippen LogP contribution in [0.1, 0.15) is 0 Å². The Morgan fingerprint density at radius 1 is 1.18 bits per heavy atom. The summed E-state index contributed by atoms with van der Waals surface area (Å²) in [6.45, 7) is 0. The van der Waals surface area contributed by atoms with E-state index in [4.69, 9.17) is 34.7 Å². The Morgan fingerprint density at radius 2 is 1.71 bits per heavy atom. The number of hydrogen-bond acceptors (Lipinski definition) is 4. The van der Waals surface area contributed by atoms with Crippen LogP contribution in [-0.4, -0.2) is 11.8 Å². The van der Waals surface area contributed by atoms with Crippen molar-refractivity contribution in [3.63, 3.8) is 0 Å². The molecule has 0 spiro atoms. The van der Waals surface area contributed by atoms with Crippen LogP contribution in [0.25, 0.3) is 0 Å². The molecule has 5 N–H and O–H groups in total. The maximum Gasteiger partial charge on any atom is 0.289 e. The lowest BCUT2D eigenvalue weighted by molar-refractivity contribution is -0.342. The Morgan fingerprint density at radius 3 is 1.88 bits per heavy atom. The number of nitrogens with zero attached hydrogens (tertiary/aromatic N) is 1. The Labute approximate surface area is 107 Å². The summed E-state index contributed by atoms with van der Waals surface area (Å²) in [5.41, 5.74) is 10.6. The van der Waals surface area contributed by atoms with Crippen molar-refractivity contribution in [2.45, 2.75) is 0 Å². The molecule has 0 aromatic carbocycles. The second kappa shape index (κ2) is 5.51. The largest absolute Gasteiger partial charge is 0.857 e. The topological polar surface area (TPSA) is 119 Å². The number of carbonyl (C=O) groups is 1.